The van der Waals surface area contributed by atoms with E-state index in [9.17, 15) is 13.2 Å². The van der Waals surface area contributed by atoms with Gasteiger partial charge in [0.2, 0.25) is 0 Å². The lowest BCUT2D eigenvalue weighted by atomic mass is 9.97. The van der Waals surface area contributed by atoms with Gasteiger partial charge in [-0.2, -0.15) is 13.2 Å². The predicted octanol–water partition coefficient (Wildman–Crippen LogP) is 5.33. The first-order valence-electron chi connectivity index (χ1n) is 8.53. The van der Waals surface area contributed by atoms with Crippen LogP contribution in [0.1, 0.15) is 5.56 Å². The average molecular weight is 383 g/mol. The van der Waals surface area contributed by atoms with Crippen LogP contribution in [0.2, 0.25) is 0 Å². The number of nitrogens with zero attached hydrogens (tertiary/aromatic N) is 3. The Balaban J connectivity index is 1.95. The third kappa shape index (κ3) is 2.98. The molecule has 0 spiro atoms. The van der Waals surface area contributed by atoms with E-state index < -0.39 is 11.7 Å². The summed E-state index contributed by atoms with van der Waals surface area (Å²) in [5, 5.41) is 10.3. The second kappa shape index (κ2) is 6.67. The molecule has 0 aliphatic rings. The average Bonchev–Trinajstić information content (AvgIpc) is 3.07. The van der Waals surface area contributed by atoms with Gasteiger partial charge in [0, 0.05) is 12.6 Å². The van der Waals surface area contributed by atoms with E-state index in [2.05, 4.69) is 10.3 Å². The van der Waals surface area contributed by atoms with Crippen molar-refractivity contribution in [2.75, 3.05) is 7.11 Å². The Morgan fingerprint density at radius 3 is 2.32 bits per heavy atom. The lowest BCUT2D eigenvalue weighted by molar-refractivity contribution is -0.137. The summed E-state index contributed by atoms with van der Waals surface area (Å²) < 4.78 is 45.9. The summed E-state index contributed by atoms with van der Waals surface area (Å²) in [6.45, 7) is 0. The molecule has 1 heterocycles. The number of benzene rings is 3. The van der Waals surface area contributed by atoms with Crippen LogP contribution in [-0.4, -0.2) is 22.1 Å². The summed E-state index contributed by atoms with van der Waals surface area (Å²) in [5.41, 5.74) is 1.80. The number of halogens is 3. The number of alkyl halides is 3. The van der Waals surface area contributed by atoms with Crippen LogP contribution < -0.4 is 4.74 Å². The van der Waals surface area contributed by atoms with Crippen molar-refractivity contribution < 1.29 is 17.9 Å². The second-order valence-electron chi connectivity index (χ2n) is 6.35. The molecule has 0 atom stereocenters. The van der Waals surface area contributed by atoms with Gasteiger partial charge in [-0.3, -0.25) is 0 Å². The van der Waals surface area contributed by atoms with Crippen LogP contribution in [0, 0.1) is 0 Å². The molecule has 28 heavy (non-hydrogen) atoms. The standard InChI is InChI=1S/C21H16F3N3O/c1-27-20(18-16-6-4-3-5-13(16)9-12-17(18)28-2)19(25-26-27)14-7-10-15(11-8-14)21(22,23)24/h3-12H,1-2H3. The predicted molar refractivity (Wildman–Crippen MR) is 101 cm³/mol. The zero-order valence-corrected chi connectivity index (χ0v) is 15.2. The smallest absolute Gasteiger partial charge is 0.416 e. The summed E-state index contributed by atoms with van der Waals surface area (Å²) in [7, 11) is 3.33. The Labute approximate surface area is 159 Å². The Hall–Kier alpha value is -3.35. The number of fused-ring (bicyclic) bond motifs is 1. The third-order valence-corrected chi connectivity index (χ3v) is 4.66. The van der Waals surface area contributed by atoms with Crippen LogP contribution in [-0.2, 0) is 13.2 Å². The highest BCUT2D eigenvalue weighted by Gasteiger charge is 2.30. The van der Waals surface area contributed by atoms with Gasteiger partial charge in [0.05, 0.1) is 18.2 Å². The largest absolute Gasteiger partial charge is 0.496 e. The molecule has 1 aromatic heterocycles. The molecule has 0 bridgehead atoms. The zero-order valence-electron chi connectivity index (χ0n) is 15.2. The molecule has 7 heteroatoms. The minimum absolute atomic E-state index is 0.492. The molecular weight excluding hydrogens is 367 g/mol. The van der Waals surface area contributed by atoms with Crippen molar-refractivity contribution in [2.45, 2.75) is 6.18 Å². The summed E-state index contributed by atoms with van der Waals surface area (Å²) in [5.74, 6) is 0.636. The first kappa shape index (κ1) is 18.0. The van der Waals surface area contributed by atoms with Gasteiger partial charge >= 0.3 is 6.18 Å². The molecule has 0 amide bonds. The van der Waals surface area contributed by atoms with E-state index in [4.69, 9.17) is 4.74 Å². The number of hydrogen-bond acceptors (Lipinski definition) is 3. The molecule has 4 rings (SSSR count). The van der Waals surface area contributed by atoms with Crippen molar-refractivity contribution >= 4 is 10.8 Å². The second-order valence-corrected chi connectivity index (χ2v) is 6.35. The molecule has 4 nitrogen and oxygen atoms in total. The topological polar surface area (TPSA) is 39.9 Å². The van der Waals surface area contributed by atoms with Gasteiger partial charge in [-0.1, -0.05) is 47.7 Å². The highest BCUT2D eigenvalue weighted by Crippen LogP contribution is 2.41. The molecule has 0 unspecified atom stereocenters. The van der Waals surface area contributed by atoms with E-state index in [0.29, 0.717) is 22.7 Å². The number of rotatable bonds is 3. The molecule has 4 aromatic rings. The van der Waals surface area contributed by atoms with Crippen molar-refractivity contribution in [3.63, 3.8) is 0 Å². The Kier molecular flexibility index (Phi) is 4.30. The minimum Gasteiger partial charge on any atom is -0.496 e. The highest BCUT2D eigenvalue weighted by atomic mass is 19.4. The molecule has 0 radical (unpaired) electrons. The first-order chi connectivity index (χ1) is 13.4. The number of aryl methyl sites for hydroxylation is 1. The molecular formula is C21H16F3N3O. The van der Waals surface area contributed by atoms with Crippen LogP contribution in [0.3, 0.4) is 0 Å². The van der Waals surface area contributed by atoms with Gasteiger partial charge in [-0.25, -0.2) is 4.68 Å². The normalized spacial score (nSPS) is 11.8. The van der Waals surface area contributed by atoms with E-state index in [-0.39, 0.29) is 0 Å². The van der Waals surface area contributed by atoms with E-state index in [1.165, 1.54) is 12.1 Å². The number of methoxy groups -OCH3 is 1. The molecule has 3 aromatic carbocycles. The van der Waals surface area contributed by atoms with Crippen LogP contribution in [0.5, 0.6) is 5.75 Å². The molecule has 0 saturated heterocycles. The lowest BCUT2D eigenvalue weighted by Crippen LogP contribution is -2.04. The van der Waals surface area contributed by atoms with E-state index in [0.717, 1.165) is 28.5 Å². The summed E-state index contributed by atoms with van der Waals surface area (Å²) >= 11 is 0. The maximum atomic E-state index is 12.9. The van der Waals surface area contributed by atoms with Crippen molar-refractivity contribution in [3.05, 3.63) is 66.2 Å². The van der Waals surface area contributed by atoms with Gasteiger partial charge in [-0.05, 0) is 29.0 Å². The molecule has 0 saturated carbocycles. The third-order valence-electron chi connectivity index (χ3n) is 4.66. The van der Waals surface area contributed by atoms with E-state index in [1.54, 1.807) is 18.8 Å². The van der Waals surface area contributed by atoms with Gasteiger partial charge in [0.25, 0.3) is 0 Å². The van der Waals surface area contributed by atoms with Crippen molar-refractivity contribution in [1.82, 2.24) is 15.0 Å². The van der Waals surface area contributed by atoms with Crippen LogP contribution in [0.15, 0.2) is 60.7 Å². The van der Waals surface area contributed by atoms with Crippen LogP contribution in [0.25, 0.3) is 33.3 Å². The zero-order chi connectivity index (χ0) is 19.9. The maximum Gasteiger partial charge on any atom is 0.416 e. The fourth-order valence-corrected chi connectivity index (χ4v) is 3.31. The van der Waals surface area contributed by atoms with Gasteiger partial charge in [0.15, 0.2) is 0 Å². The Bertz CT molecular complexity index is 1150. The minimum atomic E-state index is -4.39. The summed E-state index contributed by atoms with van der Waals surface area (Å²) in [6.07, 6.45) is -4.39. The van der Waals surface area contributed by atoms with Gasteiger partial charge < -0.3 is 4.74 Å². The Morgan fingerprint density at radius 1 is 0.929 bits per heavy atom. The maximum absolute atomic E-state index is 12.9. The van der Waals surface area contributed by atoms with Crippen molar-refractivity contribution in [3.8, 4) is 28.3 Å². The molecule has 0 aliphatic heterocycles. The quantitative estimate of drug-likeness (QED) is 0.480. The number of ether oxygens (including phenoxy) is 1. The fourth-order valence-electron chi connectivity index (χ4n) is 3.31. The monoisotopic (exact) mass is 383 g/mol. The van der Waals surface area contributed by atoms with E-state index in [1.807, 2.05) is 36.4 Å². The highest BCUT2D eigenvalue weighted by molar-refractivity contribution is 6.01. The van der Waals surface area contributed by atoms with Gasteiger partial charge in [-0.15, -0.1) is 5.10 Å². The molecule has 0 N–H and O–H groups in total. The SMILES string of the molecule is COc1ccc2ccccc2c1-c1c(-c2ccc(C(F)(F)F)cc2)nnn1C. The number of hydrogen-bond donors (Lipinski definition) is 0. The molecule has 142 valence electrons. The fraction of sp³-hybridized carbons (Fsp3) is 0.143. The van der Waals surface area contributed by atoms with Crippen LogP contribution in [0.4, 0.5) is 13.2 Å². The summed E-state index contributed by atoms with van der Waals surface area (Å²) in [6, 6.07) is 16.6. The lowest BCUT2D eigenvalue weighted by Gasteiger charge is -2.14. The number of aromatic nitrogens is 3. The first-order valence-corrected chi connectivity index (χ1v) is 8.53. The van der Waals surface area contributed by atoms with Crippen LogP contribution >= 0.6 is 0 Å². The van der Waals surface area contributed by atoms with Gasteiger partial charge in [0.1, 0.15) is 17.1 Å². The summed E-state index contributed by atoms with van der Waals surface area (Å²) in [4.78, 5) is 0. The van der Waals surface area contributed by atoms with E-state index >= 15 is 0 Å². The van der Waals surface area contributed by atoms with Crippen molar-refractivity contribution in [1.29, 1.82) is 0 Å². The van der Waals surface area contributed by atoms with Crippen molar-refractivity contribution in [2.24, 2.45) is 7.05 Å². The Morgan fingerprint density at radius 2 is 1.64 bits per heavy atom. The molecule has 0 fully saturated rings. The molecule has 0 aliphatic carbocycles.